The van der Waals surface area contributed by atoms with Crippen LogP contribution in [-0.4, -0.2) is 30.5 Å². The molecule has 1 amide bonds. The Hall–Kier alpha value is -2.91. The minimum Gasteiger partial charge on any atom is -0.304 e. The fourth-order valence-corrected chi connectivity index (χ4v) is 3.43. The van der Waals surface area contributed by atoms with Crippen LogP contribution in [0.1, 0.15) is 17.3 Å². The molecule has 0 spiro atoms. The maximum atomic E-state index is 12.3. The van der Waals surface area contributed by atoms with Crippen molar-refractivity contribution >= 4 is 27.0 Å². The quantitative estimate of drug-likeness (QED) is 0.630. The van der Waals surface area contributed by atoms with Crippen LogP contribution in [0.25, 0.3) is 11.0 Å². The fourth-order valence-electron chi connectivity index (χ4n) is 2.39. The van der Waals surface area contributed by atoms with Crippen molar-refractivity contribution in [1.82, 2.24) is 14.4 Å². The summed E-state index contributed by atoms with van der Waals surface area (Å²) in [5.74, 6) is -0.528. The second-order valence-corrected chi connectivity index (χ2v) is 7.02. The number of hydrogen-bond acceptors (Lipinski definition) is 4. The Balaban J connectivity index is 1.86. The van der Waals surface area contributed by atoms with Crippen molar-refractivity contribution in [3.63, 3.8) is 0 Å². The van der Waals surface area contributed by atoms with Crippen molar-refractivity contribution in [2.24, 2.45) is 0 Å². The zero-order valence-corrected chi connectivity index (χ0v) is 14.1. The Kier molecular flexibility index (Phi) is 4.43. The highest BCUT2D eigenvalue weighted by molar-refractivity contribution is 7.89. The Bertz CT molecular complexity index is 1080. The Morgan fingerprint density at radius 2 is 1.80 bits per heavy atom. The van der Waals surface area contributed by atoms with Crippen LogP contribution in [0.3, 0.4) is 0 Å². The molecule has 0 saturated heterocycles. The summed E-state index contributed by atoms with van der Waals surface area (Å²) < 4.78 is 27.3. The summed E-state index contributed by atoms with van der Waals surface area (Å²) in [5.41, 5.74) is 3.39. The molecular weight excluding hydrogens is 344 g/mol. The molecule has 3 N–H and O–H groups in total. The minimum atomic E-state index is -3.58. The number of nitrogens with zero attached hydrogens (tertiary/aromatic N) is 1. The lowest BCUT2D eigenvalue weighted by Crippen LogP contribution is -2.31. The van der Waals surface area contributed by atoms with E-state index in [9.17, 15) is 18.0 Å². The zero-order valence-electron chi connectivity index (χ0n) is 13.3. The molecule has 25 heavy (non-hydrogen) atoms. The van der Waals surface area contributed by atoms with Crippen molar-refractivity contribution in [1.29, 1.82) is 0 Å². The molecule has 130 valence electrons. The molecule has 3 aromatic rings. The van der Waals surface area contributed by atoms with Crippen LogP contribution in [0.4, 0.5) is 0 Å². The predicted molar refractivity (Wildman–Crippen MR) is 93.6 cm³/mol. The standard InChI is InChI=1S/C16H16N4O4S/c1-2-17-25(23,24)12-9-7-11(8-10-12)15(21)19-20-14-6-4-3-5-13(14)18-16(20)22/h3-10,17H,2H2,1H3,(H,18,22)(H,19,21). The molecule has 0 bridgehead atoms. The average Bonchev–Trinajstić information content (AvgIpc) is 2.91. The molecule has 0 aliphatic rings. The highest BCUT2D eigenvalue weighted by Crippen LogP contribution is 2.12. The number of carbonyl (C=O) groups is 1. The van der Waals surface area contributed by atoms with E-state index in [1.165, 1.54) is 24.3 Å². The molecule has 8 nitrogen and oxygen atoms in total. The molecule has 0 radical (unpaired) electrons. The van der Waals surface area contributed by atoms with Gasteiger partial charge in [-0.25, -0.2) is 22.6 Å². The Labute approximate surface area is 143 Å². The van der Waals surface area contributed by atoms with Crippen LogP contribution >= 0.6 is 0 Å². The van der Waals surface area contributed by atoms with E-state index >= 15 is 0 Å². The SMILES string of the molecule is CCNS(=O)(=O)c1ccc(C(=O)Nn2c(=O)[nH]c3ccccc32)cc1. The maximum Gasteiger partial charge on any atom is 0.345 e. The van der Waals surface area contributed by atoms with E-state index in [-0.39, 0.29) is 17.0 Å². The van der Waals surface area contributed by atoms with Crippen molar-refractivity contribution in [2.75, 3.05) is 12.0 Å². The topological polar surface area (TPSA) is 113 Å². The number of rotatable bonds is 5. The number of nitrogens with one attached hydrogen (secondary N) is 3. The number of carbonyl (C=O) groups excluding carboxylic acids is 1. The van der Waals surface area contributed by atoms with Gasteiger partial charge in [-0.2, -0.15) is 0 Å². The smallest absolute Gasteiger partial charge is 0.304 e. The largest absolute Gasteiger partial charge is 0.345 e. The van der Waals surface area contributed by atoms with Gasteiger partial charge in [0, 0.05) is 12.1 Å². The monoisotopic (exact) mass is 360 g/mol. The van der Waals surface area contributed by atoms with Gasteiger partial charge in [0.2, 0.25) is 10.0 Å². The van der Waals surface area contributed by atoms with Crippen LogP contribution in [0.2, 0.25) is 0 Å². The van der Waals surface area contributed by atoms with E-state index in [0.717, 1.165) is 4.68 Å². The molecule has 0 fully saturated rings. The number of benzene rings is 2. The average molecular weight is 360 g/mol. The molecule has 0 saturated carbocycles. The minimum absolute atomic E-state index is 0.0650. The second kappa shape index (κ2) is 6.54. The molecule has 1 heterocycles. The molecule has 0 unspecified atom stereocenters. The number of fused-ring (bicyclic) bond motifs is 1. The number of H-pyrrole nitrogens is 1. The summed E-state index contributed by atoms with van der Waals surface area (Å²) in [7, 11) is -3.58. The number of amides is 1. The van der Waals surface area contributed by atoms with Gasteiger partial charge in [-0.05, 0) is 36.4 Å². The number of aromatic amines is 1. The van der Waals surface area contributed by atoms with Gasteiger partial charge in [-0.3, -0.25) is 10.2 Å². The van der Waals surface area contributed by atoms with Crippen LogP contribution in [0.5, 0.6) is 0 Å². The van der Waals surface area contributed by atoms with E-state index in [0.29, 0.717) is 11.0 Å². The van der Waals surface area contributed by atoms with Gasteiger partial charge >= 0.3 is 5.69 Å². The van der Waals surface area contributed by atoms with Gasteiger partial charge in [0.1, 0.15) is 0 Å². The third-order valence-corrected chi connectivity index (χ3v) is 5.13. The Morgan fingerprint density at radius 3 is 2.48 bits per heavy atom. The van der Waals surface area contributed by atoms with E-state index in [4.69, 9.17) is 0 Å². The van der Waals surface area contributed by atoms with Gasteiger partial charge in [-0.1, -0.05) is 19.1 Å². The molecule has 9 heteroatoms. The predicted octanol–water partition coefficient (Wildman–Crippen LogP) is 1.01. The molecule has 0 aliphatic heterocycles. The third-order valence-electron chi connectivity index (χ3n) is 3.56. The lowest BCUT2D eigenvalue weighted by atomic mass is 10.2. The molecule has 0 aliphatic carbocycles. The van der Waals surface area contributed by atoms with Crippen molar-refractivity contribution in [3.05, 3.63) is 64.6 Å². The van der Waals surface area contributed by atoms with E-state index in [2.05, 4.69) is 15.1 Å². The van der Waals surface area contributed by atoms with Crippen molar-refractivity contribution in [3.8, 4) is 0 Å². The summed E-state index contributed by atoms with van der Waals surface area (Å²) in [6.45, 7) is 1.95. The number of para-hydroxylation sites is 2. The maximum absolute atomic E-state index is 12.3. The van der Waals surface area contributed by atoms with Crippen LogP contribution in [0, 0.1) is 0 Å². The lowest BCUT2D eigenvalue weighted by Gasteiger charge is -2.08. The number of imidazole rings is 1. The summed E-state index contributed by atoms with van der Waals surface area (Å²) >= 11 is 0. The van der Waals surface area contributed by atoms with Crippen molar-refractivity contribution in [2.45, 2.75) is 11.8 Å². The Morgan fingerprint density at radius 1 is 1.12 bits per heavy atom. The van der Waals surface area contributed by atoms with Crippen molar-refractivity contribution < 1.29 is 13.2 Å². The van der Waals surface area contributed by atoms with E-state index in [1.807, 2.05) is 0 Å². The molecule has 1 aromatic heterocycles. The lowest BCUT2D eigenvalue weighted by molar-refractivity contribution is 0.101. The summed E-state index contributed by atoms with van der Waals surface area (Å²) in [4.78, 5) is 27.0. The van der Waals surface area contributed by atoms with Crippen LogP contribution in [-0.2, 0) is 10.0 Å². The normalized spacial score (nSPS) is 11.6. The number of sulfonamides is 1. The van der Waals surface area contributed by atoms with E-state index < -0.39 is 21.6 Å². The summed E-state index contributed by atoms with van der Waals surface area (Å²) in [6.07, 6.45) is 0. The second-order valence-electron chi connectivity index (χ2n) is 5.25. The van der Waals surface area contributed by atoms with Gasteiger partial charge in [0.25, 0.3) is 5.91 Å². The third kappa shape index (κ3) is 3.32. The highest BCUT2D eigenvalue weighted by atomic mass is 32.2. The zero-order chi connectivity index (χ0) is 18.0. The van der Waals surface area contributed by atoms with Gasteiger partial charge in [0.15, 0.2) is 0 Å². The fraction of sp³-hybridized carbons (Fsp3) is 0.125. The summed E-state index contributed by atoms with van der Waals surface area (Å²) in [5, 5.41) is 0. The first-order valence-electron chi connectivity index (χ1n) is 7.53. The molecule has 2 aromatic carbocycles. The summed E-state index contributed by atoms with van der Waals surface area (Å²) in [6, 6.07) is 12.4. The first-order valence-corrected chi connectivity index (χ1v) is 9.01. The molecule has 0 atom stereocenters. The first-order chi connectivity index (χ1) is 11.9. The number of aromatic nitrogens is 2. The first kappa shape index (κ1) is 16.9. The highest BCUT2D eigenvalue weighted by Gasteiger charge is 2.15. The number of hydrogen-bond donors (Lipinski definition) is 3. The molecule has 3 rings (SSSR count). The van der Waals surface area contributed by atoms with Gasteiger partial charge in [-0.15, -0.1) is 0 Å². The van der Waals surface area contributed by atoms with Gasteiger partial charge < -0.3 is 4.98 Å². The molecular formula is C16H16N4O4S. The van der Waals surface area contributed by atoms with E-state index in [1.54, 1.807) is 31.2 Å². The van der Waals surface area contributed by atoms with Crippen LogP contribution in [0.15, 0.2) is 58.2 Å². The van der Waals surface area contributed by atoms with Gasteiger partial charge in [0.05, 0.1) is 15.9 Å². The van der Waals surface area contributed by atoms with Crippen LogP contribution < -0.4 is 15.8 Å².